The molecule has 2 N–H and O–H groups in total. The number of rotatable bonds is 7. The Balaban J connectivity index is 1.51. The van der Waals surface area contributed by atoms with Crippen molar-refractivity contribution in [1.82, 2.24) is 10.3 Å². The van der Waals surface area contributed by atoms with Gasteiger partial charge in [0.25, 0.3) is 5.91 Å². The van der Waals surface area contributed by atoms with Gasteiger partial charge in [0, 0.05) is 17.5 Å². The van der Waals surface area contributed by atoms with Crippen LogP contribution >= 0.6 is 11.3 Å². The molecule has 3 rings (SSSR count). The van der Waals surface area contributed by atoms with E-state index < -0.39 is 6.10 Å². The quantitative estimate of drug-likeness (QED) is 0.808. The maximum Gasteiger partial charge on any atom is 0.251 e. The van der Waals surface area contributed by atoms with Gasteiger partial charge in [-0.3, -0.25) is 4.79 Å². The molecule has 0 saturated heterocycles. The average Bonchev–Trinajstić information content (AvgIpc) is 3.31. The van der Waals surface area contributed by atoms with Crippen LogP contribution in [-0.4, -0.2) is 28.6 Å². The fourth-order valence-corrected chi connectivity index (χ4v) is 3.54. The molecular formula is C18H22N2O3S. The van der Waals surface area contributed by atoms with E-state index in [2.05, 4.69) is 10.3 Å². The van der Waals surface area contributed by atoms with Crippen LogP contribution in [0.5, 0.6) is 5.75 Å². The second kappa shape index (κ2) is 8.26. The summed E-state index contributed by atoms with van der Waals surface area (Å²) in [4.78, 5) is 16.4. The van der Waals surface area contributed by atoms with E-state index >= 15 is 0 Å². The Hall–Kier alpha value is -1.92. The van der Waals surface area contributed by atoms with Crippen molar-refractivity contribution in [2.75, 3.05) is 6.54 Å². The van der Waals surface area contributed by atoms with Gasteiger partial charge in [-0.2, -0.15) is 0 Å². The Morgan fingerprint density at radius 2 is 2.25 bits per heavy atom. The average molecular weight is 346 g/mol. The predicted octanol–water partition coefficient (Wildman–Crippen LogP) is 3.00. The second-order valence-corrected chi connectivity index (χ2v) is 6.84. The van der Waals surface area contributed by atoms with Crippen LogP contribution in [0.4, 0.5) is 0 Å². The smallest absolute Gasteiger partial charge is 0.251 e. The molecule has 0 radical (unpaired) electrons. The molecule has 1 atom stereocenters. The molecule has 0 spiro atoms. The molecular weight excluding hydrogens is 324 g/mol. The van der Waals surface area contributed by atoms with Gasteiger partial charge in [-0.25, -0.2) is 4.98 Å². The summed E-state index contributed by atoms with van der Waals surface area (Å²) in [6, 6.07) is 7.06. The van der Waals surface area contributed by atoms with Crippen LogP contribution in [0.1, 0.15) is 41.7 Å². The molecule has 1 aliphatic carbocycles. The van der Waals surface area contributed by atoms with Crippen molar-refractivity contribution in [2.24, 2.45) is 5.92 Å². The van der Waals surface area contributed by atoms with E-state index in [4.69, 9.17) is 4.74 Å². The Morgan fingerprint density at radius 3 is 3.00 bits per heavy atom. The highest BCUT2D eigenvalue weighted by Crippen LogP contribution is 2.27. The monoisotopic (exact) mass is 346 g/mol. The number of thiazole rings is 1. The Morgan fingerprint density at radius 1 is 1.42 bits per heavy atom. The molecule has 0 aliphatic heterocycles. The van der Waals surface area contributed by atoms with E-state index in [-0.39, 0.29) is 5.91 Å². The molecule has 1 aliphatic rings. The number of ether oxygens (including phenoxy) is 1. The van der Waals surface area contributed by atoms with Crippen LogP contribution in [0.15, 0.2) is 35.2 Å². The molecule has 2 aromatic rings. The predicted molar refractivity (Wildman–Crippen MR) is 93.2 cm³/mol. The summed E-state index contributed by atoms with van der Waals surface area (Å²) in [5.41, 5.74) is 3.16. The SMILES string of the molecule is O=C(NCC(O)C1CCCC1)c1cccc(OCc2cscn2)c1. The van der Waals surface area contributed by atoms with Gasteiger partial charge in [-0.15, -0.1) is 11.3 Å². The van der Waals surface area contributed by atoms with Crippen LogP contribution in [0, 0.1) is 5.92 Å². The van der Waals surface area contributed by atoms with Crippen molar-refractivity contribution in [3.63, 3.8) is 0 Å². The summed E-state index contributed by atoms with van der Waals surface area (Å²) in [7, 11) is 0. The molecule has 6 heteroatoms. The number of nitrogens with zero attached hydrogens (tertiary/aromatic N) is 1. The normalized spacial score (nSPS) is 16.0. The molecule has 0 bridgehead atoms. The first-order chi connectivity index (χ1) is 11.7. The minimum absolute atomic E-state index is 0.189. The molecule has 1 aromatic carbocycles. The molecule has 5 nitrogen and oxygen atoms in total. The van der Waals surface area contributed by atoms with Crippen LogP contribution < -0.4 is 10.1 Å². The molecule has 1 heterocycles. The number of aliphatic hydroxyl groups excluding tert-OH is 1. The standard InChI is InChI=1S/C18H22N2O3S/c21-17(13-4-1-2-5-13)9-19-18(22)14-6-3-7-16(8-14)23-10-15-11-24-12-20-15/h3,6-8,11-13,17,21H,1-2,4-5,9-10H2,(H,19,22). The van der Waals surface area contributed by atoms with Gasteiger partial charge in [0.15, 0.2) is 0 Å². The van der Waals surface area contributed by atoms with Crippen molar-refractivity contribution >= 4 is 17.2 Å². The Bertz CT molecular complexity index is 654. The number of aromatic nitrogens is 1. The third kappa shape index (κ3) is 4.55. The van der Waals surface area contributed by atoms with E-state index in [0.29, 0.717) is 30.4 Å². The zero-order chi connectivity index (χ0) is 16.8. The van der Waals surface area contributed by atoms with Crippen molar-refractivity contribution in [1.29, 1.82) is 0 Å². The third-order valence-electron chi connectivity index (χ3n) is 4.38. The van der Waals surface area contributed by atoms with Gasteiger partial charge in [0.05, 0.1) is 17.3 Å². The van der Waals surface area contributed by atoms with Gasteiger partial charge >= 0.3 is 0 Å². The molecule has 1 unspecified atom stereocenters. The first-order valence-corrected chi connectivity index (χ1v) is 9.23. The number of hydrogen-bond acceptors (Lipinski definition) is 5. The third-order valence-corrected chi connectivity index (χ3v) is 5.02. The highest BCUT2D eigenvalue weighted by Gasteiger charge is 2.23. The number of nitrogens with one attached hydrogen (secondary N) is 1. The van der Waals surface area contributed by atoms with E-state index in [1.54, 1.807) is 23.7 Å². The van der Waals surface area contributed by atoms with Crippen molar-refractivity contribution in [3.8, 4) is 5.75 Å². The van der Waals surface area contributed by atoms with Gasteiger partial charge in [-0.1, -0.05) is 18.9 Å². The van der Waals surface area contributed by atoms with E-state index in [0.717, 1.165) is 18.5 Å². The lowest BCUT2D eigenvalue weighted by molar-refractivity contribution is 0.0840. The molecule has 128 valence electrons. The molecule has 24 heavy (non-hydrogen) atoms. The Kier molecular flexibility index (Phi) is 5.82. The molecule has 1 amide bonds. The maximum atomic E-state index is 12.3. The highest BCUT2D eigenvalue weighted by atomic mass is 32.1. The Labute approximate surface area is 145 Å². The number of benzene rings is 1. The molecule has 1 saturated carbocycles. The molecule has 1 aromatic heterocycles. The van der Waals surface area contributed by atoms with Crippen molar-refractivity contribution in [3.05, 3.63) is 46.4 Å². The number of carbonyl (C=O) groups excluding carboxylic acids is 1. The highest BCUT2D eigenvalue weighted by molar-refractivity contribution is 7.07. The summed E-state index contributed by atoms with van der Waals surface area (Å²) < 4.78 is 5.66. The van der Waals surface area contributed by atoms with Crippen LogP contribution in [0.2, 0.25) is 0 Å². The number of hydrogen-bond donors (Lipinski definition) is 2. The minimum atomic E-state index is -0.458. The van der Waals surface area contributed by atoms with Crippen LogP contribution in [-0.2, 0) is 6.61 Å². The zero-order valence-electron chi connectivity index (χ0n) is 13.5. The number of aliphatic hydroxyl groups is 1. The van der Waals surface area contributed by atoms with Crippen molar-refractivity contribution in [2.45, 2.75) is 38.4 Å². The fourth-order valence-electron chi connectivity index (χ4n) is 3.00. The van der Waals surface area contributed by atoms with E-state index in [9.17, 15) is 9.90 Å². The first-order valence-electron chi connectivity index (χ1n) is 8.28. The van der Waals surface area contributed by atoms with Crippen LogP contribution in [0.3, 0.4) is 0 Å². The van der Waals surface area contributed by atoms with E-state index in [1.165, 1.54) is 24.2 Å². The lowest BCUT2D eigenvalue weighted by atomic mass is 10.0. The van der Waals surface area contributed by atoms with Gasteiger partial charge in [-0.05, 0) is 37.0 Å². The van der Waals surface area contributed by atoms with Crippen molar-refractivity contribution < 1.29 is 14.6 Å². The lowest BCUT2D eigenvalue weighted by Crippen LogP contribution is -2.35. The zero-order valence-corrected chi connectivity index (χ0v) is 14.3. The first kappa shape index (κ1) is 16.9. The van der Waals surface area contributed by atoms with Gasteiger partial charge < -0.3 is 15.2 Å². The summed E-state index contributed by atoms with van der Waals surface area (Å²) in [6.07, 6.45) is 4.00. The lowest BCUT2D eigenvalue weighted by Gasteiger charge is -2.18. The summed E-state index contributed by atoms with van der Waals surface area (Å²) in [5, 5.41) is 14.9. The number of amides is 1. The van der Waals surface area contributed by atoms with Gasteiger partial charge in [0.2, 0.25) is 0 Å². The summed E-state index contributed by atoms with van der Waals surface area (Å²) >= 11 is 1.52. The number of carbonyl (C=O) groups is 1. The van der Waals surface area contributed by atoms with Gasteiger partial charge in [0.1, 0.15) is 12.4 Å². The second-order valence-electron chi connectivity index (χ2n) is 6.12. The fraction of sp³-hybridized carbons (Fsp3) is 0.444. The largest absolute Gasteiger partial charge is 0.487 e. The van der Waals surface area contributed by atoms with E-state index in [1.807, 2.05) is 11.4 Å². The summed E-state index contributed by atoms with van der Waals surface area (Å²) in [6.45, 7) is 0.683. The summed E-state index contributed by atoms with van der Waals surface area (Å²) in [5.74, 6) is 0.760. The van der Waals surface area contributed by atoms with Crippen LogP contribution in [0.25, 0.3) is 0 Å². The molecule has 1 fully saturated rings. The maximum absolute atomic E-state index is 12.3. The minimum Gasteiger partial charge on any atom is -0.487 e. The topological polar surface area (TPSA) is 71.5 Å².